The Morgan fingerprint density at radius 1 is 1.38 bits per heavy atom. The van der Waals surface area contributed by atoms with Crippen molar-refractivity contribution in [3.63, 3.8) is 0 Å². The molecule has 3 heterocycles. The topological polar surface area (TPSA) is 55.3 Å². The van der Waals surface area contributed by atoms with E-state index in [1.165, 1.54) is 18.5 Å². The Labute approximate surface area is 173 Å². The molecule has 0 radical (unpaired) electrons. The van der Waals surface area contributed by atoms with Gasteiger partial charge in [0.05, 0.1) is 6.04 Å². The van der Waals surface area contributed by atoms with Crippen LogP contribution in [0.25, 0.3) is 0 Å². The van der Waals surface area contributed by atoms with Crippen molar-refractivity contribution in [2.75, 3.05) is 6.61 Å². The number of carbonyl (C=O) groups excluding carboxylic acids is 1. The van der Waals surface area contributed by atoms with Crippen LogP contribution in [0.1, 0.15) is 35.7 Å². The lowest BCUT2D eigenvalue weighted by molar-refractivity contribution is -0.148. The molecule has 3 rings (SSSR count). The predicted molar refractivity (Wildman–Crippen MR) is 97.7 cm³/mol. The standard InChI is InChI=1S/C18H15Cl2F4N3O2/c1-9(27-6-12-11(14(27)7-28)2-3-25-15(12)20)10-4-13(19)16(26-5-10)29-8-18(23,24)17(21)22/h2-5,7,9,14,17H,6,8H2,1H3. The fraction of sp³-hybridized carbons (Fsp3) is 0.389. The number of aromatic nitrogens is 2. The second-order valence-electron chi connectivity index (χ2n) is 6.50. The van der Waals surface area contributed by atoms with Crippen molar-refractivity contribution in [2.45, 2.75) is 37.9 Å². The first kappa shape index (κ1) is 21.7. The third kappa shape index (κ3) is 4.31. The Hall–Kier alpha value is -1.97. The molecule has 29 heavy (non-hydrogen) atoms. The van der Waals surface area contributed by atoms with Gasteiger partial charge in [-0.25, -0.2) is 18.7 Å². The Kier molecular flexibility index (Phi) is 6.30. The highest BCUT2D eigenvalue weighted by Gasteiger charge is 2.42. The van der Waals surface area contributed by atoms with E-state index in [0.717, 1.165) is 17.4 Å². The van der Waals surface area contributed by atoms with E-state index in [4.69, 9.17) is 23.2 Å². The molecule has 0 saturated carbocycles. The lowest BCUT2D eigenvalue weighted by Gasteiger charge is -2.28. The number of fused-ring (bicyclic) bond motifs is 1. The largest absolute Gasteiger partial charge is 0.470 e. The number of carbonyl (C=O) groups is 1. The van der Waals surface area contributed by atoms with Crippen molar-refractivity contribution in [1.29, 1.82) is 0 Å². The van der Waals surface area contributed by atoms with Crippen LogP contribution in [0.3, 0.4) is 0 Å². The molecule has 0 amide bonds. The molecule has 0 aliphatic carbocycles. The van der Waals surface area contributed by atoms with E-state index in [1.54, 1.807) is 6.07 Å². The highest BCUT2D eigenvalue weighted by Crippen LogP contribution is 2.41. The molecule has 2 aromatic rings. The van der Waals surface area contributed by atoms with Gasteiger partial charge in [0.25, 0.3) is 0 Å². The molecule has 2 aromatic heterocycles. The van der Waals surface area contributed by atoms with Crippen LogP contribution in [0.4, 0.5) is 17.6 Å². The summed E-state index contributed by atoms with van der Waals surface area (Å²) in [6.45, 7) is 0.623. The minimum absolute atomic E-state index is 0.113. The Balaban J connectivity index is 1.78. The third-order valence-corrected chi connectivity index (χ3v) is 5.31. The summed E-state index contributed by atoms with van der Waals surface area (Å²) in [6, 6.07) is 2.24. The summed E-state index contributed by atoms with van der Waals surface area (Å²) in [5, 5.41) is 0.197. The van der Waals surface area contributed by atoms with Gasteiger partial charge < -0.3 is 9.53 Å². The highest BCUT2D eigenvalue weighted by molar-refractivity contribution is 6.31. The van der Waals surface area contributed by atoms with Gasteiger partial charge in [-0.15, -0.1) is 0 Å². The summed E-state index contributed by atoms with van der Waals surface area (Å²) in [7, 11) is 0. The molecular formula is C18H15Cl2F4N3O2. The molecule has 0 aromatic carbocycles. The maximum Gasteiger partial charge on any atom is 0.340 e. The SMILES string of the molecule is CC(c1cnc(OCC(F)(F)C(F)F)c(Cl)c1)N1Cc2c(ccnc2Cl)C1C=O. The van der Waals surface area contributed by atoms with Gasteiger partial charge in [-0.2, -0.15) is 8.78 Å². The molecule has 0 bridgehead atoms. The predicted octanol–water partition coefficient (Wildman–Crippen LogP) is 4.88. The Morgan fingerprint density at radius 2 is 2.10 bits per heavy atom. The summed E-state index contributed by atoms with van der Waals surface area (Å²) in [6.07, 6.45) is -0.223. The molecule has 0 spiro atoms. The van der Waals surface area contributed by atoms with Crippen LogP contribution in [-0.2, 0) is 11.3 Å². The maximum atomic E-state index is 13.0. The Morgan fingerprint density at radius 3 is 2.72 bits per heavy atom. The zero-order valence-corrected chi connectivity index (χ0v) is 16.5. The average Bonchev–Trinajstić information content (AvgIpc) is 3.06. The first-order valence-corrected chi connectivity index (χ1v) is 9.19. The van der Waals surface area contributed by atoms with Crippen molar-refractivity contribution in [2.24, 2.45) is 0 Å². The second-order valence-corrected chi connectivity index (χ2v) is 7.27. The molecule has 0 saturated heterocycles. The van der Waals surface area contributed by atoms with E-state index in [2.05, 4.69) is 14.7 Å². The van der Waals surface area contributed by atoms with Crippen molar-refractivity contribution < 1.29 is 27.1 Å². The lowest BCUT2D eigenvalue weighted by atomic mass is 10.1. The van der Waals surface area contributed by atoms with Crippen LogP contribution in [0, 0.1) is 0 Å². The molecule has 0 fully saturated rings. The zero-order valence-electron chi connectivity index (χ0n) is 15.0. The quantitative estimate of drug-likeness (QED) is 0.341. The fourth-order valence-corrected chi connectivity index (χ4v) is 3.55. The molecule has 1 aliphatic heterocycles. The smallest absolute Gasteiger partial charge is 0.340 e. The van der Waals surface area contributed by atoms with Crippen LogP contribution in [0.15, 0.2) is 24.5 Å². The van der Waals surface area contributed by atoms with Crippen LogP contribution in [0.2, 0.25) is 10.2 Å². The summed E-state index contributed by atoms with van der Waals surface area (Å²) in [5.74, 6) is -4.70. The number of rotatable bonds is 7. The zero-order chi connectivity index (χ0) is 21.3. The number of ether oxygens (including phenoxy) is 1. The molecule has 2 atom stereocenters. The fourth-order valence-electron chi connectivity index (χ4n) is 3.10. The molecule has 0 N–H and O–H groups in total. The summed E-state index contributed by atoms with van der Waals surface area (Å²) < 4.78 is 55.2. The second kappa shape index (κ2) is 8.41. The third-order valence-electron chi connectivity index (χ3n) is 4.71. The van der Waals surface area contributed by atoms with Gasteiger partial charge in [0.1, 0.15) is 16.5 Å². The van der Waals surface area contributed by atoms with E-state index in [9.17, 15) is 22.4 Å². The number of halogens is 6. The van der Waals surface area contributed by atoms with Gasteiger partial charge in [0, 0.05) is 30.5 Å². The molecular weight excluding hydrogens is 437 g/mol. The average molecular weight is 452 g/mol. The normalized spacial score (nSPS) is 18.0. The number of hydrogen-bond acceptors (Lipinski definition) is 5. The monoisotopic (exact) mass is 451 g/mol. The van der Waals surface area contributed by atoms with Gasteiger partial charge in [-0.05, 0) is 30.2 Å². The van der Waals surface area contributed by atoms with E-state index in [0.29, 0.717) is 17.3 Å². The van der Waals surface area contributed by atoms with Gasteiger partial charge in [-0.1, -0.05) is 23.2 Å². The number of alkyl halides is 4. The minimum atomic E-state index is -4.32. The van der Waals surface area contributed by atoms with Crippen molar-refractivity contribution in [1.82, 2.24) is 14.9 Å². The maximum absolute atomic E-state index is 13.0. The van der Waals surface area contributed by atoms with Crippen molar-refractivity contribution in [3.8, 4) is 5.88 Å². The molecule has 2 unspecified atom stereocenters. The number of pyridine rings is 2. The number of nitrogens with zero attached hydrogens (tertiary/aromatic N) is 3. The van der Waals surface area contributed by atoms with E-state index < -0.39 is 25.0 Å². The molecule has 11 heteroatoms. The summed E-state index contributed by atoms with van der Waals surface area (Å²) in [4.78, 5) is 21.4. The van der Waals surface area contributed by atoms with Crippen LogP contribution < -0.4 is 4.74 Å². The van der Waals surface area contributed by atoms with Crippen molar-refractivity contribution >= 4 is 29.5 Å². The summed E-state index contributed by atoms with van der Waals surface area (Å²) in [5.41, 5.74) is 2.07. The Bertz CT molecular complexity index is 917. The number of hydrogen-bond donors (Lipinski definition) is 0. The highest BCUT2D eigenvalue weighted by atomic mass is 35.5. The van der Waals surface area contributed by atoms with Gasteiger partial charge >= 0.3 is 12.3 Å². The van der Waals surface area contributed by atoms with Crippen LogP contribution in [-0.4, -0.2) is 40.1 Å². The molecule has 1 aliphatic rings. The lowest BCUT2D eigenvalue weighted by Crippen LogP contribution is -2.34. The minimum Gasteiger partial charge on any atom is -0.470 e. The first-order valence-electron chi connectivity index (χ1n) is 8.44. The molecule has 156 valence electrons. The first-order chi connectivity index (χ1) is 13.7. The van der Waals surface area contributed by atoms with Gasteiger partial charge in [0.15, 0.2) is 6.61 Å². The van der Waals surface area contributed by atoms with E-state index in [1.807, 2.05) is 11.8 Å². The molecule has 5 nitrogen and oxygen atoms in total. The number of aldehydes is 1. The van der Waals surface area contributed by atoms with E-state index in [-0.39, 0.29) is 16.9 Å². The van der Waals surface area contributed by atoms with E-state index >= 15 is 0 Å². The van der Waals surface area contributed by atoms with Gasteiger partial charge in [-0.3, -0.25) is 4.90 Å². The van der Waals surface area contributed by atoms with Crippen LogP contribution >= 0.6 is 23.2 Å². The summed E-state index contributed by atoms with van der Waals surface area (Å²) >= 11 is 12.2. The van der Waals surface area contributed by atoms with Crippen LogP contribution in [0.5, 0.6) is 5.88 Å². The van der Waals surface area contributed by atoms with Gasteiger partial charge in [0.2, 0.25) is 5.88 Å². The van der Waals surface area contributed by atoms with Crippen molar-refractivity contribution in [3.05, 3.63) is 51.4 Å².